The first-order valence-corrected chi connectivity index (χ1v) is 8.25. The second-order valence-electron chi connectivity index (χ2n) is 5.89. The first-order chi connectivity index (χ1) is 12.1. The van der Waals surface area contributed by atoms with Gasteiger partial charge in [-0.2, -0.15) is 0 Å². The van der Waals surface area contributed by atoms with Gasteiger partial charge in [-0.3, -0.25) is 4.79 Å². The summed E-state index contributed by atoms with van der Waals surface area (Å²) in [5, 5.41) is 0. The summed E-state index contributed by atoms with van der Waals surface area (Å²) in [6.45, 7) is 3.83. The molecule has 130 valence electrons. The van der Waals surface area contributed by atoms with Gasteiger partial charge >= 0.3 is 0 Å². The molecule has 0 amide bonds. The molecule has 0 spiro atoms. The number of rotatable bonds is 7. The second-order valence-corrected chi connectivity index (χ2v) is 5.89. The Kier molecular flexibility index (Phi) is 5.03. The number of aryl methyl sites for hydroxylation is 2. The van der Waals surface area contributed by atoms with Crippen LogP contribution in [0.3, 0.4) is 0 Å². The van der Waals surface area contributed by atoms with Crippen LogP contribution in [0.25, 0.3) is 11.1 Å². The average Bonchev–Trinajstić information content (AvgIpc) is 3.10. The normalized spacial score (nSPS) is 10.8. The summed E-state index contributed by atoms with van der Waals surface area (Å²) in [5.74, 6) is 0.765. The third-order valence-corrected chi connectivity index (χ3v) is 4.19. The lowest BCUT2D eigenvalue weighted by atomic mass is 10.0. The average molecular weight is 339 g/mol. The molecule has 0 atom stereocenters. The van der Waals surface area contributed by atoms with E-state index in [-0.39, 0.29) is 5.78 Å². The molecule has 1 aromatic heterocycles. The van der Waals surface area contributed by atoms with Gasteiger partial charge in [0.05, 0.1) is 19.3 Å². The molecule has 0 fully saturated rings. The first kappa shape index (κ1) is 17.0. The summed E-state index contributed by atoms with van der Waals surface area (Å²) in [7, 11) is 1.53. The highest BCUT2D eigenvalue weighted by atomic mass is 16.5. The number of oxazole rings is 1. The van der Waals surface area contributed by atoms with Gasteiger partial charge in [0.25, 0.3) is 0 Å². The number of methoxy groups -OCH3 is 1. The summed E-state index contributed by atoms with van der Waals surface area (Å²) in [6, 6.07) is 10.2. The fourth-order valence-corrected chi connectivity index (χ4v) is 3.02. The van der Waals surface area contributed by atoms with Crippen molar-refractivity contribution in [2.75, 3.05) is 13.7 Å². The number of benzene rings is 2. The van der Waals surface area contributed by atoms with Crippen molar-refractivity contribution in [3.05, 3.63) is 53.4 Å². The summed E-state index contributed by atoms with van der Waals surface area (Å²) in [6.07, 6.45) is 3.11. The van der Waals surface area contributed by atoms with Gasteiger partial charge in [0.2, 0.25) is 11.3 Å². The Morgan fingerprint density at radius 3 is 2.64 bits per heavy atom. The minimum Gasteiger partial charge on any atom is -0.492 e. The Labute approximate surface area is 146 Å². The zero-order valence-corrected chi connectivity index (χ0v) is 14.7. The van der Waals surface area contributed by atoms with Gasteiger partial charge in [-0.1, -0.05) is 30.3 Å². The van der Waals surface area contributed by atoms with Crippen molar-refractivity contribution in [1.29, 1.82) is 0 Å². The van der Waals surface area contributed by atoms with Gasteiger partial charge in [0.1, 0.15) is 5.52 Å². The summed E-state index contributed by atoms with van der Waals surface area (Å²) < 4.78 is 16.9. The minimum atomic E-state index is -0.0895. The maximum atomic E-state index is 12.1. The van der Waals surface area contributed by atoms with Crippen LogP contribution in [0.4, 0.5) is 0 Å². The predicted molar refractivity (Wildman–Crippen MR) is 95.6 cm³/mol. The third-order valence-electron chi connectivity index (χ3n) is 4.19. The lowest BCUT2D eigenvalue weighted by Gasteiger charge is -2.15. The molecule has 0 saturated carbocycles. The largest absolute Gasteiger partial charge is 0.492 e. The summed E-state index contributed by atoms with van der Waals surface area (Å²) >= 11 is 0. The quantitative estimate of drug-likeness (QED) is 0.473. The van der Waals surface area contributed by atoms with E-state index in [0.717, 1.165) is 18.4 Å². The van der Waals surface area contributed by atoms with E-state index in [4.69, 9.17) is 13.9 Å². The van der Waals surface area contributed by atoms with E-state index in [1.54, 1.807) is 0 Å². The van der Waals surface area contributed by atoms with Crippen LogP contribution >= 0.6 is 0 Å². The number of aromatic nitrogens is 1. The molecule has 25 heavy (non-hydrogen) atoms. The molecule has 5 nitrogen and oxygen atoms in total. The van der Waals surface area contributed by atoms with Crippen molar-refractivity contribution in [2.24, 2.45) is 0 Å². The smallest absolute Gasteiger partial charge is 0.207 e. The van der Waals surface area contributed by atoms with Crippen LogP contribution in [-0.4, -0.2) is 24.5 Å². The maximum absolute atomic E-state index is 12.1. The number of ketones is 1. The number of Topliss-reactive ketones (excluding diaryl/α,β-unsaturated/α-hetero) is 1. The third kappa shape index (κ3) is 3.36. The van der Waals surface area contributed by atoms with Crippen LogP contribution in [0.15, 0.2) is 41.1 Å². The number of carbonyl (C=O) groups is 1. The number of fused-ring (bicyclic) bond motifs is 1. The molecular formula is C20H21NO4. The molecule has 0 aliphatic carbocycles. The Hall–Kier alpha value is -2.82. The Morgan fingerprint density at radius 2 is 1.96 bits per heavy atom. The topological polar surface area (TPSA) is 61.6 Å². The molecule has 3 aromatic rings. The predicted octanol–water partition coefficient (Wildman–Crippen LogP) is 4.36. The summed E-state index contributed by atoms with van der Waals surface area (Å²) in [4.78, 5) is 16.3. The van der Waals surface area contributed by atoms with E-state index in [0.29, 0.717) is 34.8 Å². The van der Waals surface area contributed by atoms with Crippen molar-refractivity contribution in [3.8, 4) is 11.5 Å². The van der Waals surface area contributed by atoms with Crippen molar-refractivity contribution >= 4 is 16.9 Å². The number of nitrogens with zero attached hydrogens (tertiary/aromatic N) is 1. The Morgan fingerprint density at radius 1 is 1.20 bits per heavy atom. The zero-order valence-electron chi connectivity index (χ0n) is 14.7. The van der Waals surface area contributed by atoms with E-state index in [9.17, 15) is 4.79 Å². The summed E-state index contributed by atoms with van der Waals surface area (Å²) in [5.41, 5.74) is 3.63. The van der Waals surface area contributed by atoms with Crippen LogP contribution in [0.2, 0.25) is 0 Å². The number of hydrogen-bond donors (Lipinski definition) is 0. The maximum Gasteiger partial charge on any atom is 0.207 e. The second kappa shape index (κ2) is 7.38. The molecule has 0 unspecified atom stereocenters. The zero-order chi connectivity index (χ0) is 17.8. The van der Waals surface area contributed by atoms with E-state index in [1.807, 2.05) is 25.1 Å². The van der Waals surface area contributed by atoms with Crippen LogP contribution in [0, 0.1) is 6.92 Å². The fourth-order valence-electron chi connectivity index (χ4n) is 3.02. The molecule has 2 aromatic carbocycles. The highest BCUT2D eigenvalue weighted by Gasteiger charge is 2.24. The lowest BCUT2D eigenvalue weighted by Crippen LogP contribution is -2.07. The number of carbonyl (C=O) groups excluding carboxylic acids is 1. The molecule has 3 rings (SSSR count). The Balaban J connectivity index is 1.86. The molecule has 1 heterocycles. The standard InChI is InChI=1S/C20H21NO4/c1-13-16(14(2)22)18(23-3)20(19-17(13)21-12-25-19)24-11-7-10-15-8-5-4-6-9-15/h4-6,8-9,12H,7,10-11H2,1-3H3. The molecule has 0 aliphatic heterocycles. The van der Waals surface area contributed by atoms with Crippen molar-refractivity contribution < 1.29 is 18.7 Å². The van der Waals surface area contributed by atoms with E-state index < -0.39 is 0 Å². The molecule has 0 N–H and O–H groups in total. The van der Waals surface area contributed by atoms with Gasteiger partial charge in [0, 0.05) is 0 Å². The van der Waals surface area contributed by atoms with Crippen LogP contribution in [0.1, 0.15) is 34.8 Å². The first-order valence-electron chi connectivity index (χ1n) is 8.25. The molecule has 0 saturated heterocycles. The van der Waals surface area contributed by atoms with Gasteiger partial charge in [-0.05, 0) is 37.8 Å². The van der Waals surface area contributed by atoms with Gasteiger partial charge < -0.3 is 13.9 Å². The van der Waals surface area contributed by atoms with Gasteiger partial charge in [-0.25, -0.2) is 4.98 Å². The van der Waals surface area contributed by atoms with Crippen molar-refractivity contribution in [3.63, 3.8) is 0 Å². The Bertz CT molecular complexity index is 884. The SMILES string of the molecule is COc1c(C(C)=O)c(C)c2ncoc2c1OCCCc1ccccc1. The minimum absolute atomic E-state index is 0.0895. The fraction of sp³-hybridized carbons (Fsp3) is 0.300. The molecule has 0 bridgehead atoms. The van der Waals surface area contributed by atoms with Crippen molar-refractivity contribution in [1.82, 2.24) is 4.98 Å². The van der Waals surface area contributed by atoms with E-state index in [2.05, 4.69) is 17.1 Å². The molecular weight excluding hydrogens is 318 g/mol. The van der Waals surface area contributed by atoms with E-state index in [1.165, 1.54) is 26.0 Å². The van der Waals surface area contributed by atoms with Crippen LogP contribution in [0.5, 0.6) is 11.5 Å². The number of hydrogen-bond acceptors (Lipinski definition) is 5. The van der Waals surface area contributed by atoms with Crippen LogP contribution < -0.4 is 9.47 Å². The molecule has 5 heteroatoms. The molecule has 0 radical (unpaired) electrons. The van der Waals surface area contributed by atoms with Gasteiger partial charge in [0.15, 0.2) is 17.9 Å². The lowest BCUT2D eigenvalue weighted by molar-refractivity contribution is 0.101. The monoisotopic (exact) mass is 339 g/mol. The highest BCUT2D eigenvalue weighted by molar-refractivity contribution is 6.04. The van der Waals surface area contributed by atoms with Crippen LogP contribution in [-0.2, 0) is 6.42 Å². The van der Waals surface area contributed by atoms with E-state index >= 15 is 0 Å². The molecule has 0 aliphatic rings. The van der Waals surface area contributed by atoms with Crippen molar-refractivity contribution in [2.45, 2.75) is 26.7 Å². The number of ether oxygens (including phenoxy) is 2. The van der Waals surface area contributed by atoms with Gasteiger partial charge in [-0.15, -0.1) is 0 Å². The highest BCUT2D eigenvalue weighted by Crippen LogP contribution is 2.41.